The number of nitrogens with zero attached hydrogens (tertiary/aromatic N) is 2. The monoisotopic (exact) mass is 308 g/mol. The highest BCUT2D eigenvalue weighted by Crippen LogP contribution is 2.21. The van der Waals surface area contributed by atoms with Crippen LogP contribution in [0.25, 0.3) is 10.9 Å². The quantitative estimate of drug-likeness (QED) is 0.734. The van der Waals surface area contributed by atoms with E-state index in [9.17, 15) is 9.18 Å². The number of hydrogen-bond donors (Lipinski definition) is 0. The molecule has 116 valence electrons. The molecule has 23 heavy (non-hydrogen) atoms. The molecule has 3 nitrogen and oxygen atoms in total. The highest BCUT2D eigenvalue weighted by molar-refractivity contribution is 6.06. The van der Waals surface area contributed by atoms with Gasteiger partial charge >= 0.3 is 0 Å². The molecular weight excluding hydrogens is 291 g/mol. The molecule has 0 spiro atoms. The van der Waals surface area contributed by atoms with Crippen molar-refractivity contribution in [3.8, 4) is 0 Å². The van der Waals surface area contributed by atoms with Crippen LogP contribution in [0.5, 0.6) is 0 Å². The molecule has 0 bridgehead atoms. The van der Waals surface area contributed by atoms with Gasteiger partial charge in [-0.2, -0.15) is 0 Å². The second-order valence-electron chi connectivity index (χ2n) is 5.62. The van der Waals surface area contributed by atoms with E-state index in [1.807, 2.05) is 37.3 Å². The Kier molecular flexibility index (Phi) is 4.06. The maximum Gasteiger partial charge on any atom is 0.254 e. The third-order valence-electron chi connectivity index (χ3n) is 3.74. The average molecular weight is 308 g/mol. The maximum atomic E-state index is 13.6. The van der Waals surface area contributed by atoms with Gasteiger partial charge in [0.2, 0.25) is 0 Å². The summed E-state index contributed by atoms with van der Waals surface area (Å²) in [5.74, 6) is -0.516. The van der Waals surface area contributed by atoms with E-state index in [1.54, 1.807) is 24.1 Å². The molecule has 0 aliphatic heterocycles. The Morgan fingerprint density at radius 2 is 1.87 bits per heavy atom. The summed E-state index contributed by atoms with van der Waals surface area (Å²) >= 11 is 0. The molecule has 0 N–H and O–H groups in total. The fourth-order valence-corrected chi connectivity index (χ4v) is 2.64. The van der Waals surface area contributed by atoms with Crippen LogP contribution in [0.2, 0.25) is 0 Å². The molecule has 0 saturated heterocycles. The van der Waals surface area contributed by atoms with E-state index in [4.69, 9.17) is 0 Å². The van der Waals surface area contributed by atoms with Gasteiger partial charge in [-0.25, -0.2) is 4.39 Å². The molecule has 0 aliphatic carbocycles. The minimum absolute atomic E-state index is 0.144. The average Bonchev–Trinajstić information content (AvgIpc) is 2.54. The van der Waals surface area contributed by atoms with Crippen molar-refractivity contribution in [3.63, 3.8) is 0 Å². The van der Waals surface area contributed by atoms with Gasteiger partial charge in [-0.15, -0.1) is 0 Å². The zero-order valence-electron chi connectivity index (χ0n) is 13.1. The van der Waals surface area contributed by atoms with Gasteiger partial charge in [-0.1, -0.05) is 30.3 Å². The number of hydrogen-bond acceptors (Lipinski definition) is 2. The molecule has 0 unspecified atom stereocenters. The molecule has 2 aromatic carbocycles. The summed E-state index contributed by atoms with van der Waals surface area (Å²) in [5, 5.41) is 0.542. The van der Waals surface area contributed by atoms with Crippen LogP contribution in [-0.2, 0) is 6.54 Å². The first-order valence-electron chi connectivity index (χ1n) is 7.41. The summed E-state index contributed by atoms with van der Waals surface area (Å²) in [4.78, 5) is 18.8. The third kappa shape index (κ3) is 3.21. The largest absolute Gasteiger partial charge is 0.337 e. The van der Waals surface area contributed by atoms with Crippen LogP contribution < -0.4 is 0 Å². The SMILES string of the molecule is Cc1cc(C(=O)N(C)Cc2ccccc2)c2cc(F)ccc2n1. The predicted octanol–water partition coefficient (Wildman–Crippen LogP) is 3.95. The Bertz CT molecular complexity index is 862. The van der Waals surface area contributed by atoms with Crippen molar-refractivity contribution >= 4 is 16.8 Å². The van der Waals surface area contributed by atoms with Gasteiger partial charge in [0.1, 0.15) is 5.82 Å². The smallest absolute Gasteiger partial charge is 0.254 e. The van der Waals surface area contributed by atoms with Gasteiger partial charge in [0.25, 0.3) is 5.91 Å². The lowest BCUT2D eigenvalue weighted by molar-refractivity contribution is 0.0787. The van der Waals surface area contributed by atoms with Gasteiger partial charge in [-0.3, -0.25) is 9.78 Å². The highest BCUT2D eigenvalue weighted by Gasteiger charge is 2.17. The number of aryl methyl sites for hydroxylation is 1. The summed E-state index contributed by atoms with van der Waals surface area (Å²) in [6.45, 7) is 2.33. The molecule has 0 saturated carbocycles. The normalized spacial score (nSPS) is 10.7. The van der Waals surface area contributed by atoms with E-state index in [2.05, 4.69) is 4.98 Å². The summed E-state index contributed by atoms with van der Waals surface area (Å²) in [6, 6.07) is 15.8. The predicted molar refractivity (Wildman–Crippen MR) is 88.7 cm³/mol. The molecule has 0 atom stereocenters. The van der Waals surface area contributed by atoms with Crippen LogP contribution in [-0.4, -0.2) is 22.8 Å². The molecule has 0 aliphatic rings. The van der Waals surface area contributed by atoms with E-state index >= 15 is 0 Å². The Morgan fingerprint density at radius 1 is 1.13 bits per heavy atom. The number of amides is 1. The van der Waals surface area contributed by atoms with E-state index < -0.39 is 0 Å². The maximum absolute atomic E-state index is 13.6. The molecule has 4 heteroatoms. The Balaban J connectivity index is 1.98. The molecule has 0 fully saturated rings. The molecule has 1 aromatic heterocycles. The zero-order valence-corrected chi connectivity index (χ0v) is 13.1. The summed E-state index contributed by atoms with van der Waals surface area (Å²) < 4.78 is 13.6. The summed E-state index contributed by atoms with van der Waals surface area (Å²) in [7, 11) is 1.75. The lowest BCUT2D eigenvalue weighted by Crippen LogP contribution is -2.26. The van der Waals surface area contributed by atoms with Gasteiger partial charge in [0.05, 0.1) is 11.1 Å². The van der Waals surface area contributed by atoms with Gasteiger partial charge in [0.15, 0.2) is 0 Å². The van der Waals surface area contributed by atoms with Crippen molar-refractivity contribution in [3.05, 3.63) is 77.2 Å². The first-order valence-corrected chi connectivity index (χ1v) is 7.41. The second-order valence-corrected chi connectivity index (χ2v) is 5.62. The van der Waals surface area contributed by atoms with Crippen molar-refractivity contribution < 1.29 is 9.18 Å². The number of rotatable bonds is 3. The number of carbonyl (C=O) groups is 1. The molecule has 1 amide bonds. The number of aromatic nitrogens is 1. The second kappa shape index (κ2) is 6.16. The zero-order chi connectivity index (χ0) is 16.4. The van der Waals surface area contributed by atoms with E-state index in [0.29, 0.717) is 23.0 Å². The Morgan fingerprint density at radius 3 is 2.61 bits per heavy atom. The van der Waals surface area contributed by atoms with Crippen molar-refractivity contribution in [2.45, 2.75) is 13.5 Å². The molecule has 3 rings (SSSR count). The van der Waals surface area contributed by atoms with Crippen LogP contribution in [0.4, 0.5) is 4.39 Å². The van der Waals surface area contributed by atoms with Crippen molar-refractivity contribution in [2.75, 3.05) is 7.05 Å². The molecule has 1 heterocycles. The molecule has 0 radical (unpaired) electrons. The lowest BCUT2D eigenvalue weighted by Gasteiger charge is -2.18. The first kappa shape index (κ1) is 15.2. The summed E-state index contributed by atoms with van der Waals surface area (Å²) in [6.07, 6.45) is 0. The fourth-order valence-electron chi connectivity index (χ4n) is 2.64. The van der Waals surface area contributed by atoms with E-state index in [1.165, 1.54) is 12.1 Å². The highest BCUT2D eigenvalue weighted by atomic mass is 19.1. The van der Waals surface area contributed by atoms with Crippen LogP contribution in [0.3, 0.4) is 0 Å². The fraction of sp³-hybridized carbons (Fsp3) is 0.158. The Hall–Kier alpha value is -2.75. The topological polar surface area (TPSA) is 33.2 Å². The number of benzene rings is 2. The van der Waals surface area contributed by atoms with Crippen LogP contribution in [0, 0.1) is 12.7 Å². The molecular formula is C19H17FN2O. The number of fused-ring (bicyclic) bond motifs is 1. The van der Waals surface area contributed by atoms with Crippen LogP contribution in [0.1, 0.15) is 21.6 Å². The third-order valence-corrected chi connectivity index (χ3v) is 3.74. The number of halogens is 1. The van der Waals surface area contributed by atoms with E-state index in [-0.39, 0.29) is 11.7 Å². The minimum atomic E-state index is -0.372. The Labute approximate surface area is 134 Å². The van der Waals surface area contributed by atoms with Crippen molar-refractivity contribution in [2.24, 2.45) is 0 Å². The van der Waals surface area contributed by atoms with Crippen LogP contribution >= 0.6 is 0 Å². The number of carbonyl (C=O) groups excluding carboxylic acids is 1. The van der Waals surface area contributed by atoms with Crippen molar-refractivity contribution in [1.29, 1.82) is 0 Å². The summed E-state index contributed by atoms with van der Waals surface area (Å²) in [5.41, 5.74) is 2.89. The van der Waals surface area contributed by atoms with Gasteiger partial charge < -0.3 is 4.90 Å². The standard InChI is InChI=1S/C19H17FN2O/c1-13-10-17(16-11-15(20)8-9-18(16)21-13)19(23)22(2)12-14-6-4-3-5-7-14/h3-11H,12H2,1-2H3. The lowest BCUT2D eigenvalue weighted by atomic mass is 10.1. The van der Waals surface area contributed by atoms with Crippen LogP contribution in [0.15, 0.2) is 54.6 Å². The van der Waals surface area contributed by atoms with Crippen molar-refractivity contribution in [1.82, 2.24) is 9.88 Å². The van der Waals surface area contributed by atoms with Gasteiger partial charge in [0, 0.05) is 24.7 Å². The molecule has 3 aromatic rings. The van der Waals surface area contributed by atoms with E-state index in [0.717, 1.165) is 11.3 Å². The first-order chi connectivity index (χ1) is 11.0. The van der Waals surface area contributed by atoms with Gasteiger partial charge in [-0.05, 0) is 36.8 Å². The number of pyridine rings is 1. The minimum Gasteiger partial charge on any atom is -0.337 e.